The van der Waals surface area contributed by atoms with Gasteiger partial charge in [-0.2, -0.15) is 0 Å². The zero-order valence-electron chi connectivity index (χ0n) is 10.2. The smallest absolute Gasteiger partial charge is 0.179 e. The molecule has 0 aliphatic rings. The van der Waals surface area contributed by atoms with Crippen LogP contribution in [0.2, 0.25) is 0 Å². The van der Waals surface area contributed by atoms with Crippen LogP contribution in [0.1, 0.15) is 0 Å². The number of hydrogen-bond acceptors (Lipinski definition) is 4. The Hall–Kier alpha value is -1.66. The summed E-state index contributed by atoms with van der Waals surface area (Å²) in [5.41, 5.74) is 8.23. The second kappa shape index (κ2) is 5.38. The van der Waals surface area contributed by atoms with E-state index < -0.39 is 0 Å². The normalized spacial score (nSPS) is 10.7. The molecule has 0 atom stereocenters. The van der Waals surface area contributed by atoms with E-state index in [1.54, 1.807) is 6.20 Å². The van der Waals surface area contributed by atoms with E-state index in [-0.39, 0.29) is 0 Å². The van der Waals surface area contributed by atoms with Crippen molar-refractivity contribution < 1.29 is 4.52 Å². The highest BCUT2D eigenvalue weighted by Crippen LogP contribution is 2.39. The predicted octanol–water partition coefficient (Wildman–Crippen LogP) is 4.51. The van der Waals surface area contributed by atoms with Gasteiger partial charge in [-0.15, -0.1) is 0 Å². The van der Waals surface area contributed by atoms with Gasteiger partial charge < -0.3 is 10.3 Å². The summed E-state index contributed by atoms with van der Waals surface area (Å²) in [7, 11) is 0. The van der Waals surface area contributed by atoms with Crippen molar-refractivity contribution in [3.8, 4) is 22.6 Å². The SMILES string of the molecule is Nc1noc(-c2ccc(Br)cc2Br)c1-c1ccccn1. The predicted molar refractivity (Wildman–Crippen MR) is 85.0 cm³/mol. The topological polar surface area (TPSA) is 64.9 Å². The van der Waals surface area contributed by atoms with Gasteiger partial charge in [0.1, 0.15) is 0 Å². The fourth-order valence-electron chi connectivity index (χ4n) is 1.92. The molecule has 0 saturated carbocycles. The molecule has 0 bridgehead atoms. The molecule has 2 aromatic heterocycles. The zero-order valence-corrected chi connectivity index (χ0v) is 13.3. The molecule has 0 radical (unpaired) electrons. The fourth-order valence-corrected chi connectivity index (χ4v) is 3.15. The van der Waals surface area contributed by atoms with Gasteiger partial charge in [-0.05, 0) is 46.3 Å². The van der Waals surface area contributed by atoms with Crippen LogP contribution in [0.3, 0.4) is 0 Å². The van der Waals surface area contributed by atoms with E-state index in [0.29, 0.717) is 17.1 Å². The van der Waals surface area contributed by atoms with Crippen molar-refractivity contribution in [3.05, 3.63) is 51.5 Å². The number of nitrogens with zero attached hydrogens (tertiary/aromatic N) is 2. The van der Waals surface area contributed by atoms with Gasteiger partial charge in [0, 0.05) is 20.7 Å². The summed E-state index contributed by atoms with van der Waals surface area (Å²) in [6.07, 6.45) is 1.71. The highest BCUT2D eigenvalue weighted by atomic mass is 79.9. The summed E-state index contributed by atoms with van der Waals surface area (Å²) in [4.78, 5) is 4.31. The molecule has 0 spiro atoms. The van der Waals surface area contributed by atoms with Gasteiger partial charge in [-0.25, -0.2) is 0 Å². The lowest BCUT2D eigenvalue weighted by atomic mass is 10.1. The lowest BCUT2D eigenvalue weighted by molar-refractivity contribution is 0.436. The summed E-state index contributed by atoms with van der Waals surface area (Å²) < 4.78 is 7.26. The number of nitrogen functional groups attached to an aromatic ring is 1. The van der Waals surface area contributed by atoms with Gasteiger partial charge in [0.25, 0.3) is 0 Å². The van der Waals surface area contributed by atoms with Crippen molar-refractivity contribution in [2.45, 2.75) is 0 Å². The molecule has 0 aliphatic carbocycles. The van der Waals surface area contributed by atoms with Crippen LogP contribution in [0.4, 0.5) is 5.82 Å². The summed E-state index contributed by atoms with van der Waals surface area (Å²) in [6.45, 7) is 0. The first-order chi connectivity index (χ1) is 9.66. The summed E-state index contributed by atoms with van der Waals surface area (Å²) in [5.74, 6) is 0.925. The molecular weight excluding hydrogens is 386 g/mol. The number of nitrogens with two attached hydrogens (primary N) is 1. The van der Waals surface area contributed by atoms with E-state index in [0.717, 1.165) is 20.2 Å². The summed E-state index contributed by atoms with van der Waals surface area (Å²) in [5, 5.41) is 3.86. The van der Waals surface area contributed by atoms with Gasteiger partial charge >= 0.3 is 0 Å². The fraction of sp³-hybridized carbons (Fsp3) is 0. The second-order valence-electron chi connectivity index (χ2n) is 4.11. The van der Waals surface area contributed by atoms with Gasteiger partial charge in [-0.1, -0.05) is 27.2 Å². The van der Waals surface area contributed by atoms with Crippen molar-refractivity contribution in [2.24, 2.45) is 0 Å². The molecule has 2 N–H and O–H groups in total. The molecule has 0 aliphatic heterocycles. The Morgan fingerprint density at radius 1 is 1.10 bits per heavy atom. The van der Waals surface area contributed by atoms with E-state index in [4.69, 9.17) is 10.3 Å². The van der Waals surface area contributed by atoms with E-state index in [1.807, 2.05) is 36.4 Å². The van der Waals surface area contributed by atoms with Gasteiger partial charge in [-0.3, -0.25) is 4.98 Å². The van der Waals surface area contributed by atoms with E-state index >= 15 is 0 Å². The molecule has 0 saturated heterocycles. The van der Waals surface area contributed by atoms with Crippen LogP contribution in [0.25, 0.3) is 22.6 Å². The Morgan fingerprint density at radius 2 is 1.95 bits per heavy atom. The van der Waals surface area contributed by atoms with E-state index in [1.165, 1.54) is 0 Å². The molecule has 0 fully saturated rings. The van der Waals surface area contributed by atoms with Crippen LogP contribution in [-0.2, 0) is 0 Å². The first-order valence-corrected chi connectivity index (χ1v) is 7.37. The third-order valence-corrected chi connectivity index (χ3v) is 3.96. The minimum atomic E-state index is 0.327. The number of aromatic nitrogens is 2. The van der Waals surface area contributed by atoms with Crippen LogP contribution < -0.4 is 5.73 Å². The second-order valence-corrected chi connectivity index (χ2v) is 5.88. The molecule has 100 valence electrons. The van der Waals surface area contributed by atoms with Crippen molar-refractivity contribution in [2.75, 3.05) is 5.73 Å². The molecular formula is C14H9Br2N3O. The molecule has 6 heteroatoms. The third-order valence-electron chi connectivity index (χ3n) is 2.82. The lowest BCUT2D eigenvalue weighted by Gasteiger charge is -2.04. The number of anilines is 1. The number of rotatable bonds is 2. The standard InChI is InChI=1S/C14H9Br2N3O/c15-8-4-5-9(10(16)7-8)13-12(14(17)19-20-13)11-3-1-2-6-18-11/h1-7H,(H2,17,19). The third kappa shape index (κ3) is 2.36. The minimum Gasteiger partial charge on any atom is -0.380 e. The quantitative estimate of drug-likeness (QED) is 0.694. The first kappa shape index (κ1) is 13.3. The maximum Gasteiger partial charge on any atom is 0.179 e. The Balaban J connectivity index is 2.21. The number of pyridine rings is 1. The zero-order chi connectivity index (χ0) is 14.1. The van der Waals surface area contributed by atoms with Gasteiger partial charge in [0.2, 0.25) is 0 Å². The molecule has 3 aromatic rings. The average Bonchev–Trinajstić information content (AvgIpc) is 2.81. The number of benzene rings is 1. The van der Waals surface area contributed by atoms with Crippen LogP contribution in [-0.4, -0.2) is 10.1 Å². The molecule has 20 heavy (non-hydrogen) atoms. The van der Waals surface area contributed by atoms with Crippen LogP contribution in [0.5, 0.6) is 0 Å². The summed E-state index contributed by atoms with van der Waals surface area (Å²) in [6, 6.07) is 11.4. The molecule has 2 heterocycles. The van der Waals surface area contributed by atoms with Crippen LogP contribution >= 0.6 is 31.9 Å². The molecule has 0 unspecified atom stereocenters. The summed E-state index contributed by atoms with van der Waals surface area (Å²) >= 11 is 6.94. The number of hydrogen-bond donors (Lipinski definition) is 1. The Bertz CT molecular complexity index is 756. The maximum absolute atomic E-state index is 5.92. The Labute approximate surface area is 132 Å². The lowest BCUT2D eigenvalue weighted by Crippen LogP contribution is -1.91. The van der Waals surface area contributed by atoms with Gasteiger partial charge in [0.15, 0.2) is 11.6 Å². The first-order valence-electron chi connectivity index (χ1n) is 5.79. The molecule has 4 nitrogen and oxygen atoms in total. The van der Waals surface area contributed by atoms with Crippen molar-refractivity contribution in [1.82, 2.24) is 10.1 Å². The van der Waals surface area contributed by atoms with Crippen molar-refractivity contribution in [3.63, 3.8) is 0 Å². The minimum absolute atomic E-state index is 0.327. The Kier molecular flexibility index (Phi) is 3.58. The molecule has 3 rings (SSSR count). The van der Waals surface area contributed by atoms with Crippen LogP contribution in [0.15, 0.2) is 56.1 Å². The monoisotopic (exact) mass is 393 g/mol. The van der Waals surface area contributed by atoms with Crippen LogP contribution in [0, 0.1) is 0 Å². The van der Waals surface area contributed by atoms with Crippen molar-refractivity contribution in [1.29, 1.82) is 0 Å². The van der Waals surface area contributed by atoms with Crippen molar-refractivity contribution >= 4 is 37.7 Å². The average molecular weight is 395 g/mol. The number of halogens is 2. The largest absolute Gasteiger partial charge is 0.380 e. The van der Waals surface area contributed by atoms with E-state index in [9.17, 15) is 0 Å². The molecule has 0 amide bonds. The highest BCUT2D eigenvalue weighted by molar-refractivity contribution is 9.11. The maximum atomic E-state index is 5.92. The van der Waals surface area contributed by atoms with E-state index in [2.05, 4.69) is 42.0 Å². The van der Waals surface area contributed by atoms with Gasteiger partial charge in [0.05, 0.1) is 11.3 Å². The molecule has 1 aromatic carbocycles. The Morgan fingerprint density at radius 3 is 2.65 bits per heavy atom. The highest BCUT2D eigenvalue weighted by Gasteiger charge is 2.20.